The van der Waals surface area contributed by atoms with Crippen LogP contribution in [-0.4, -0.2) is 37.2 Å². The molecule has 1 atom stereocenters. The number of allylic oxidation sites excluding steroid dienone is 17. The summed E-state index contributed by atoms with van der Waals surface area (Å²) in [6.45, 7) is 6.27. The van der Waals surface area contributed by atoms with E-state index in [0.717, 1.165) is 103 Å². The molecule has 0 aromatic carbocycles. The summed E-state index contributed by atoms with van der Waals surface area (Å²) >= 11 is 0. The number of esters is 3. The first kappa shape index (κ1) is 57.1. The predicted molar refractivity (Wildman–Crippen MR) is 260 cm³/mol. The summed E-state index contributed by atoms with van der Waals surface area (Å²) in [6, 6.07) is 0. The van der Waals surface area contributed by atoms with Crippen molar-refractivity contribution in [2.24, 2.45) is 0 Å². The van der Waals surface area contributed by atoms with Crippen molar-refractivity contribution >= 4 is 17.9 Å². The Morgan fingerprint density at radius 2 is 0.689 bits per heavy atom. The maximum atomic E-state index is 12.7. The molecule has 0 saturated heterocycles. The van der Waals surface area contributed by atoms with Crippen LogP contribution in [0.4, 0.5) is 0 Å². The van der Waals surface area contributed by atoms with Crippen LogP contribution < -0.4 is 0 Å². The average molecular weight is 845 g/mol. The summed E-state index contributed by atoms with van der Waals surface area (Å²) in [7, 11) is 0. The van der Waals surface area contributed by atoms with Crippen LogP contribution in [0.15, 0.2) is 109 Å². The standard InChI is InChI=1S/C55H88O6/c1-4-7-10-13-16-19-22-24-26-27-29-30-33-36-39-42-45-48-54(57)60-51-52(50-59-53(56)47-44-41-38-35-32-21-18-15-12-9-6-3)61-55(58)49-46-43-40-37-34-31-28-25-23-20-17-14-11-8-5-2/h7-8,10-11,16-17,19-20,24-26,28-30,34,37,43,46,52H,4-6,9,12-15,18,21-23,27,31-33,35-36,38-42,44-45,47-51H2,1-3H3/b10-7-,11-8-,19-16-,20-17-,26-24-,28-25-,30-29-,37-34-,46-43-. The van der Waals surface area contributed by atoms with Crippen LogP contribution in [0.1, 0.15) is 201 Å². The van der Waals surface area contributed by atoms with Crippen LogP contribution in [0.3, 0.4) is 0 Å². The highest BCUT2D eigenvalue weighted by molar-refractivity contribution is 5.72. The Kier molecular flexibility index (Phi) is 45.6. The predicted octanol–water partition coefficient (Wildman–Crippen LogP) is 16.0. The van der Waals surface area contributed by atoms with Gasteiger partial charge in [-0.3, -0.25) is 14.4 Å². The van der Waals surface area contributed by atoms with E-state index in [-0.39, 0.29) is 31.6 Å². The van der Waals surface area contributed by atoms with Crippen molar-refractivity contribution in [2.45, 2.75) is 207 Å². The quantitative estimate of drug-likeness (QED) is 0.0264. The third-order valence-electron chi connectivity index (χ3n) is 9.81. The molecule has 6 nitrogen and oxygen atoms in total. The first-order valence-corrected chi connectivity index (χ1v) is 24.4. The Balaban J connectivity index is 4.56. The fourth-order valence-corrected chi connectivity index (χ4v) is 6.21. The van der Waals surface area contributed by atoms with Gasteiger partial charge >= 0.3 is 17.9 Å². The zero-order valence-corrected chi connectivity index (χ0v) is 39.1. The van der Waals surface area contributed by atoms with Crippen molar-refractivity contribution in [3.8, 4) is 0 Å². The molecular weight excluding hydrogens is 757 g/mol. The van der Waals surface area contributed by atoms with E-state index in [1.807, 2.05) is 6.08 Å². The van der Waals surface area contributed by atoms with Gasteiger partial charge in [0, 0.05) is 12.8 Å². The van der Waals surface area contributed by atoms with Crippen molar-refractivity contribution in [3.05, 3.63) is 109 Å². The minimum atomic E-state index is -0.841. The zero-order valence-electron chi connectivity index (χ0n) is 39.1. The number of carbonyl (C=O) groups excluding carboxylic acids is 3. The van der Waals surface area contributed by atoms with Gasteiger partial charge in [0.2, 0.25) is 0 Å². The number of unbranched alkanes of at least 4 members (excludes halogenated alkanes) is 14. The number of hydrogen-bond acceptors (Lipinski definition) is 6. The maximum Gasteiger partial charge on any atom is 0.310 e. The van der Waals surface area contributed by atoms with E-state index in [1.54, 1.807) is 6.08 Å². The van der Waals surface area contributed by atoms with Crippen LogP contribution in [0.2, 0.25) is 0 Å². The van der Waals surface area contributed by atoms with Gasteiger partial charge in [-0.25, -0.2) is 0 Å². The first-order chi connectivity index (χ1) is 30.0. The molecule has 0 amide bonds. The normalized spacial score (nSPS) is 13.0. The molecule has 0 radical (unpaired) electrons. The molecule has 0 rings (SSSR count). The third-order valence-corrected chi connectivity index (χ3v) is 9.81. The van der Waals surface area contributed by atoms with E-state index in [4.69, 9.17) is 14.2 Å². The molecule has 0 aliphatic carbocycles. The molecule has 0 bridgehead atoms. The Morgan fingerprint density at radius 1 is 0.361 bits per heavy atom. The van der Waals surface area contributed by atoms with Crippen LogP contribution in [-0.2, 0) is 28.6 Å². The van der Waals surface area contributed by atoms with Crippen LogP contribution >= 0.6 is 0 Å². The lowest BCUT2D eigenvalue weighted by molar-refractivity contribution is -0.166. The summed E-state index contributed by atoms with van der Waals surface area (Å²) in [6.07, 6.45) is 65.2. The molecule has 0 N–H and O–H groups in total. The Labute approximate surface area is 374 Å². The molecule has 344 valence electrons. The highest BCUT2D eigenvalue weighted by Crippen LogP contribution is 2.13. The van der Waals surface area contributed by atoms with Gasteiger partial charge in [-0.05, 0) is 83.5 Å². The third kappa shape index (κ3) is 47.0. The molecule has 0 aliphatic heterocycles. The van der Waals surface area contributed by atoms with Gasteiger partial charge in [-0.2, -0.15) is 0 Å². The Morgan fingerprint density at radius 3 is 1.08 bits per heavy atom. The molecule has 0 heterocycles. The number of ether oxygens (including phenoxy) is 3. The monoisotopic (exact) mass is 845 g/mol. The molecule has 0 fully saturated rings. The molecule has 61 heavy (non-hydrogen) atoms. The molecule has 6 heteroatoms. The van der Waals surface area contributed by atoms with Gasteiger partial charge in [0.1, 0.15) is 13.2 Å². The fraction of sp³-hybridized carbons (Fsp3) is 0.618. The number of rotatable bonds is 42. The van der Waals surface area contributed by atoms with E-state index in [2.05, 4.69) is 118 Å². The second kappa shape index (κ2) is 48.7. The van der Waals surface area contributed by atoms with Gasteiger partial charge in [0.25, 0.3) is 0 Å². The van der Waals surface area contributed by atoms with Gasteiger partial charge < -0.3 is 14.2 Å². The molecule has 0 aromatic heterocycles. The molecular formula is C55H88O6. The topological polar surface area (TPSA) is 78.9 Å². The lowest BCUT2D eigenvalue weighted by atomic mass is 10.1. The second-order valence-electron chi connectivity index (χ2n) is 15.6. The van der Waals surface area contributed by atoms with Crippen LogP contribution in [0.25, 0.3) is 0 Å². The SMILES string of the molecule is CC/C=C\C/C=C\C/C=C\C/C=C\C/C=C\CC(=O)OC(COC(=O)CCCCCC/C=C\C/C=C\C/C=C\C/C=C\CC)COC(=O)CCCCCCCCCCCCC. The van der Waals surface area contributed by atoms with Gasteiger partial charge in [0.05, 0.1) is 6.42 Å². The minimum absolute atomic E-state index is 0.0889. The zero-order chi connectivity index (χ0) is 44.4. The summed E-state index contributed by atoms with van der Waals surface area (Å²) < 4.78 is 16.6. The van der Waals surface area contributed by atoms with Crippen molar-refractivity contribution in [1.29, 1.82) is 0 Å². The molecule has 0 aliphatic rings. The lowest BCUT2D eigenvalue weighted by Crippen LogP contribution is -2.30. The highest BCUT2D eigenvalue weighted by atomic mass is 16.6. The molecule has 1 unspecified atom stereocenters. The first-order valence-electron chi connectivity index (χ1n) is 24.4. The van der Waals surface area contributed by atoms with Gasteiger partial charge in [-0.15, -0.1) is 0 Å². The lowest BCUT2D eigenvalue weighted by Gasteiger charge is -2.18. The summed E-state index contributed by atoms with van der Waals surface area (Å²) in [5.41, 5.74) is 0. The molecule has 0 aromatic rings. The van der Waals surface area contributed by atoms with Crippen molar-refractivity contribution in [2.75, 3.05) is 13.2 Å². The summed E-state index contributed by atoms with van der Waals surface area (Å²) in [5, 5.41) is 0. The van der Waals surface area contributed by atoms with Crippen LogP contribution in [0, 0.1) is 0 Å². The minimum Gasteiger partial charge on any atom is -0.462 e. The van der Waals surface area contributed by atoms with E-state index in [9.17, 15) is 14.4 Å². The molecule has 0 saturated carbocycles. The van der Waals surface area contributed by atoms with E-state index in [0.29, 0.717) is 19.3 Å². The largest absolute Gasteiger partial charge is 0.462 e. The second-order valence-corrected chi connectivity index (χ2v) is 15.6. The summed E-state index contributed by atoms with van der Waals surface area (Å²) in [4.78, 5) is 37.8. The van der Waals surface area contributed by atoms with Crippen LogP contribution in [0.5, 0.6) is 0 Å². The fourth-order valence-electron chi connectivity index (χ4n) is 6.21. The van der Waals surface area contributed by atoms with Crippen molar-refractivity contribution in [1.82, 2.24) is 0 Å². The van der Waals surface area contributed by atoms with E-state index < -0.39 is 12.1 Å². The van der Waals surface area contributed by atoms with E-state index in [1.165, 1.54) is 51.4 Å². The van der Waals surface area contributed by atoms with E-state index >= 15 is 0 Å². The summed E-state index contributed by atoms with van der Waals surface area (Å²) in [5.74, 6) is -1.09. The Hall–Kier alpha value is -3.93. The van der Waals surface area contributed by atoms with Gasteiger partial charge in [0.15, 0.2) is 6.10 Å². The smallest absolute Gasteiger partial charge is 0.310 e. The average Bonchev–Trinajstić information content (AvgIpc) is 3.26. The molecule has 0 spiro atoms. The Bertz CT molecular complexity index is 1290. The van der Waals surface area contributed by atoms with Crippen molar-refractivity contribution in [3.63, 3.8) is 0 Å². The van der Waals surface area contributed by atoms with Crippen molar-refractivity contribution < 1.29 is 28.6 Å². The van der Waals surface area contributed by atoms with Gasteiger partial charge in [-0.1, -0.05) is 207 Å². The number of carbonyl (C=O) groups is 3. The highest BCUT2D eigenvalue weighted by Gasteiger charge is 2.19. The maximum absolute atomic E-state index is 12.7. The number of hydrogen-bond donors (Lipinski definition) is 0.